The smallest absolute Gasteiger partial charge is 0.251 e. The molecule has 0 bridgehead atoms. The van der Waals surface area contributed by atoms with E-state index in [9.17, 15) is 9.00 Å². The maximum Gasteiger partial charge on any atom is 0.251 e. The van der Waals surface area contributed by atoms with E-state index >= 15 is 0 Å². The number of benzene rings is 1. The number of ether oxygens (including phenoxy) is 1. The van der Waals surface area contributed by atoms with Gasteiger partial charge in [0.25, 0.3) is 5.91 Å². The van der Waals surface area contributed by atoms with Gasteiger partial charge in [-0.2, -0.15) is 0 Å². The number of anilines is 3. The minimum atomic E-state index is -1.21. The van der Waals surface area contributed by atoms with E-state index in [2.05, 4.69) is 38.0 Å². The van der Waals surface area contributed by atoms with Crippen LogP contribution in [0.1, 0.15) is 6.42 Å². The number of nitrogens with two attached hydrogens (primary N) is 1. The minimum Gasteiger partial charge on any atom is -0.378 e. The lowest BCUT2D eigenvalue weighted by molar-refractivity contribution is -0.114. The van der Waals surface area contributed by atoms with Crippen molar-refractivity contribution >= 4 is 71.2 Å². The lowest BCUT2D eigenvalue weighted by Gasteiger charge is -2.31. The Morgan fingerprint density at radius 3 is 2.56 bits per heavy atom. The summed E-state index contributed by atoms with van der Waals surface area (Å²) < 4.78 is 20.8. The van der Waals surface area contributed by atoms with E-state index < -0.39 is 16.9 Å². The fourth-order valence-corrected chi connectivity index (χ4v) is 5.25. The van der Waals surface area contributed by atoms with Gasteiger partial charge in [-0.05, 0) is 51.2 Å². The first-order chi connectivity index (χ1) is 20.8. The number of rotatable bonds is 17. The van der Waals surface area contributed by atoms with Crippen molar-refractivity contribution in [1.29, 1.82) is 0 Å². The number of nitrogens with zero attached hydrogens (tertiary/aromatic N) is 8. The van der Waals surface area contributed by atoms with Crippen molar-refractivity contribution < 1.29 is 13.7 Å². The molecular weight excluding hydrogens is 592 g/mol. The third kappa shape index (κ3) is 10.2. The number of carbonyl (C=O) groups is 1. The van der Waals surface area contributed by atoms with Gasteiger partial charge in [0, 0.05) is 68.5 Å². The van der Waals surface area contributed by atoms with Crippen molar-refractivity contribution in [2.24, 2.45) is 20.7 Å². The second-order valence-electron chi connectivity index (χ2n) is 9.66. The van der Waals surface area contributed by atoms with E-state index in [4.69, 9.17) is 32.0 Å². The van der Waals surface area contributed by atoms with E-state index in [0.29, 0.717) is 87.3 Å². The molecule has 2 heterocycles. The molecule has 3 N–H and O–H groups in total. The molecule has 1 aliphatic rings. The zero-order valence-corrected chi connectivity index (χ0v) is 26.2. The van der Waals surface area contributed by atoms with Crippen molar-refractivity contribution in [3.8, 4) is 11.4 Å². The van der Waals surface area contributed by atoms with Crippen LogP contribution < -0.4 is 20.3 Å². The van der Waals surface area contributed by atoms with Crippen LogP contribution in [0.25, 0.3) is 11.4 Å². The highest BCUT2D eigenvalue weighted by atomic mass is 35.5. The average molecular weight is 631 g/mol. The lowest BCUT2D eigenvalue weighted by atomic mass is 10.2. The van der Waals surface area contributed by atoms with Crippen LogP contribution in [-0.2, 0) is 20.5 Å². The molecule has 1 aromatic heterocycles. The van der Waals surface area contributed by atoms with Crippen LogP contribution in [0.2, 0.25) is 0 Å². The Kier molecular flexibility index (Phi) is 13.7. The molecule has 1 atom stereocenters. The highest BCUT2D eigenvalue weighted by Gasteiger charge is 2.23. The standard InChI is InChI=1S/C28H39ClN10O3S/c1-31-18-22(25(30)40)19-33-20-37(3)11-12-38(4)27-24(32-2)28(39-13-15-42-16-14-39)35-26(34-27)21-6-8-23(9-7-21)36-43(41)17-5-10-29/h6-9,18-19,36H,1-2,5,10-17,20H2,3-4H3,(H2,30,40)/b22-18+,33-19-. The van der Waals surface area contributed by atoms with Crippen LogP contribution in [0.3, 0.4) is 0 Å². The summed E-state index contributed by atoms with van der Waals surface area (Å²) in [5.41, 5.74) is 7.63. The van der Waals surface area contributed by atoms with Crippen LogP contribution in [0.4, 0.5) is 23.0 Å². The Bertz CT molecular complexity index is 1330. The van der Waals surface area contributed by atoms with Gasteiger partial charge in [0.1, 0.15) is 16.7 Å². The number of carbonyl (C=O) groups excluding carboxylic acids is 1. The molecule has 3 rings (SSSR count). The van der Waals surface area contributed by atoms with Crippen LogP contribution in [0.15, 0.2) is 51.0 Å². The van der Waals surface area contributed by atoms with Gasteiger partial charge in [-0.25, -0.2) is 14.2 Å². The van der Waals surface area contributed by atoms with E-state index in [-0.39, 0.29) is 5.57 Å². The quantitative estimate of drug-likeness (QED) is 0.154. The van der Waals surface area contributed by atoms with Crippen molar-refractivity contribution in [3.05, 3.63) is 36.0 Å². The summed E-state index contributed by atoms with van der Waals surface area (Å²) in [6.07, 6.45) is 3.33. The molecule has 13 nitrogen and oxygen atoms in total. The summed E-state index contributed by atoms with van der Waals surface area (Å²) >= 11 is 5.72. The zero-order chi connectivity index (χ0) is 31.2. The van der Waals surface area contributed by atoms with Crippen LogP contribution in [0, 0.1) is 0 Å². The van der Waals surface area contributed by atoms with Crippen LogP contribution in [0.5, 0.6) is 0 Å². The average Bonchev–Trinajstić information content (AvgIpc) is 3.02. The Morgan fingerprint density at radius 2 is 1.93 bits per heavy atom. The number of halogens is 1. The first kappa shape index (κ1) is 33.8. The Labute approximate surface area is 260 Å². The summed E-state index contributed by atoms with van der Waals surface area (Å²) in [7, 11) is 2.64. The first-order valence-electron chi connectivity index (χ1n) is 13.7. The number of aliphatic imine (C=N–C) groups is 3. The van der Waals surface area contributed by atoms with E-state index in [1.165, 1.54) is 12.4 Å². The molecule has 0 radical (unpaired) electrons. The number of primary amides is 1. The molecular formula is C28H39ClN10O3S. The molecule has 1 aliphatic heterocycles. The summed E-state index contributed by atoms with van der Waals surface area (Å²) in [5, 5.41) is 0. The van der Waals surface area contributed by atoms with E-state index in [1.54, 1.807) is 0 Å². The third-order valence-corrected chi connectivity index (χ3v) is 7.79. The second-order valence-corrected chi connectivity index (χ2v) is 11.3. The molecule has 1 unspecified atom stereocenters. The number of likely N-dealkylation sites (N-methyl/N-ethyl adjacent to an activating group) is 2. The van der Waals surface area contributed by atoms with Gasteiger partial charge >= 0.3 is 0 Å². The highest BCUT2D eigenvalue weighted by Crippen LogP contribution is 2.37. The SMILES string of the molecule is C=N/C=C(\C=N/CN(C)CCN(C)c1nc(-c2ccc(NS(=O)CCCCl)cc2)nc(N2CCOCC2)c1N=C)C(N)=O. The van der Waals surface area contributed by atoms with Crippen molar-refractivity contribution in [2.75, 3.05) is 86.3 Å². The topological polar surface area (TPSA) is 154 Å². The van der Waals surface area contributed by atoms with E-state index in [1.807, 2.05) is 48.2 Å². The summed E-state index contributed by atoms with van der Waals surface area (Å²) in [5.74, 6) is 2.18. The van der Waals surface area contributed by atoms with Crippen LogP contribution in [-0.4, -0.2) is 116 Å². The van der Waals surface area contributed by atoms with Gasteiger partial charge in [-0.3, -0.25) is 24.7 Å². The maximum absolute atomic E-state index is 12.2. The number of amides is 1. The second kappa shape index (κ2) is 17.4. The lowest BCUT2D eigenvalue weighted by Crippen LogP contribution is -2.37. The zero-order valence-electron chi connectivity index (χ0n) is 24.6. The molecule has 0 aliphatic carbocycles. The predicted molar refractivity (Wildman–Crippen MR) is 178 cm³/mol. The first-order valence-corrected chi connectivity index (χ1v) is 15.5. The number of alkyl halides is 1. The fraction of sp³-hybridized carbons (Fsp3) is 0.429. The number of morpholine rings is 1. The summed E-state index contributed by atoms with van der Waals surface area (Å²) in [4.78, 5) is 39.6. The number of nitrogens with one attached hydrogen (secondary N) is 1. The molecule has 1 aromatic carbocycles. The molecule has 1 amide bonds. The molecule has 232 valence electrons. The molecule has 0 saturated carbocycles. The number of aromatic nitrogens is 2. The predicted octanol–water partition coefficient (Wildman–Crippen LogP) is 2.48. The minimum absolute atomic E-state index is 0.176. The third-order valence-electron chi connectivity index (χ3n) is 6.40. The van der Waals surface area contributed by atoms with Gasteiger partial charge < -0.3 is 25.0 Å². The van der Waals surface area contributed by atoms with Crippen molar-refractivity contribution in [3.63, 3.8) is 0 Å². The van der Waals surface area contributed by atoms with Gasteiger partial charge in [0.05, 0.1) is 25.5 Å². The number of hydrogen-bond donors (Lipinski definition) is 2. The van der Waals surface area contributed by atoms with Crippen molar-refractivity contribution in [2.45, 2.75) is 6.42 Å². The normalized spacial score (nSPS) is 14.6. The van der Waals surface area contributed by atoms with Gasteiger partial charge in [-0.15, -0.1) is 11.6 Å². The van der Waals surface area contributed by atoms with Crippen LogP contribution >= 0.6 is 11.6 Å². The summed E-state index contributed by atoms with van der Waals surface area (Å²) in [6.45, 7) is 11.2. The molecule has 1 fully saturated rings. The fourth-order valence-electron chi connectivity index (χ4n) is 4.05. The molecule has 2 aromatic rings. The Morgan fingerprint density at radius 1 is 1.21 bits per heavy atom. The molecule has 15 heteroatoms. The molecule has 43 heavy (non-hydrogen) atoms. The highest BCUT2D eigenvalue weighted by molar-refractivity contribution is 7.86. The van der Waals surface area contributed by atoms with Gasteiger partial charge in [-0.1, -0.05) is 0 Å². The van der Waals surface area contributed by atoms with Gasteiger partial charge in [0.15, 0.2) is 17.5 Å². The maximum atomic E-state index is 12.2. The molecule has 1 saturated heterocycles. The Hall–Kier alpha value is -3.72. The monoisotopic (exact) mass is 630 g/mol. The van der Waals surface area contributed by atoms with Gasteiger partial charge in [0.2, 0.25) is 0 Å². The Balaban J connectivity index is 1.83. The van der Waals surface area contributed by atoms with E-state index in [0.717, 1.165) is 11.3 Å². The van der Waals surface area contributed by atoms with Crippen molar-refractivity contribution in [1.82, 2.24) is 14.9 Å². The summed E-state index contributed by atoms with van der Waals surface area (Å²) in [6, 6.07) is 7.50. The largest absolute Gasteiger partial charge is 0.378 e. The number of hydrogen-bond acceptors (Lipinski definition) is 11. The molecule has 0 spiro atoms.